The molecule has 12 aromatic rings. The van der Waals surface area contributed by atoms with Gasteiger partial charge in [0.1, 0.15) is 0 Å². The molecule has 75 heavy (non-hydrogen) atoms. The van der Waals surface area contributed by atoms with Crippen molar-refractivity contribution in [2.24, 2.45) is 0 Å². The summed E-state index contributed by atoms with van der Waals surface area (Å²) in [6.07, 6.45) is 0. The van der Waals surface area contributed by atoms with Crippen LogP contribution >= 0.6 is 22.6 Å². The van der Waals surface area contributed by atoms with E-state index in [9.17, 15) is 0 Å². The van der Waals surface area contributed by atoms with Crippen LogP contribution in [-0.2, 0) is 10.8 Å². The monoisotopic (exact) mass is 1070 g/mol. The average Bonchev–Trinajstić information content (AvgIpc) is 3.93. The molecule has 0 nitrogen and oxygen atoms in total. The largest absolute Gasteiger partial charge is 0.0714 e. The number of hydrogen-bond acceptors (Lipinski definition) is 0. The summed E-state index contributed by atoms with van der Waals surface area (Å²) in [5.41, 5.74) is 26.6. The van der Waals surface area contributed by atoms with E-state index in [1.165, 1.54) is 148 Å². The van der Waals surface area contributed by atoms with Crippen molar-refractivity contribution in [3.05, 3.63) is 319 Å². The SMILES string of the molecule is Cc1ccc(C2(c3ccc(-c4cc(-c5ccc6cc(C)ccc6c5)cc5c4-c4ccccc4C5(c4ccc(C)cc4)c4ccc(C)cc4)cc3)c3ccccc3-c3c(-c4ccc5cc(I)ccc5c4)cccc32)cc1. The molecule has 0 amide bonds. The molecule has 0 aliphatic heterocycles. The third-order valence-electron chi connectivity index (χ3n) is 16.7. The number of aryl methyl sites for hydroxylation is 4. The van der Waals surface area contributed by atoms with E-state index in [1.54, 1.807) is 0 Å². The molecule has 1 atom stereocenters. The molecule has 356 valence electrons. The first-order chi connectivity index (χ1) is 36.7. The highest BCUT2D eigenvalue weighted by Gasteiger charge is 2.49. The van der Waals surface area contributed by atoms with Crippen molar-refractivity contribution in [3.8, 4) is 55.6 Å². The molecular formula is C74H53I. The third-order valence-corrected chi connectivity index (χ3v) is 17.4. The van der Waals surface area contributed by atoms with Crippen molar-refractivity contribution in [2.75, 3.05) is 0 Å². The Morgan fingerprint density at radius 2 is 0.667 bits per heavy atom. The molecule has 0 fully saturated rings. The molecule has 0 N–H and O–H groups in total. The molecule has 0 saturated carbocycles. The quantitative estimate of drug-likeness (QED) is 0.140. The van der Waals surface area contributed by atoms with Crippen LogP contribution < -0.4 is 0 Å². The van der Waals surface area contributed by atoms with Crippen LogP contribution in [0.2, 0.25) is 0 Å². The van der Waals surface area contributed by atoms with Gasteiger partial charge in [0.15, 0.2) is 0 Å². The smallest absolute Gasteiger partial charge is 0.0619 e. The van der Waals surface area contributed by atoms with E-state index in [2.05, 4.69) is 299 Å². The third kappa shape index (κ3) is 7.01. The van der Waals surface area contributed by atoms with Crippen LogP contribution in [0, 0.1) is 31.3 Å². The van der Waals surface area contributed by atoms with Crippen LogP contribution in [-0.4, -0.2) is 0 Å². The Morgan fingerprint density at radius 3 is 1.27 bits per heavy atom. The highest BCUT2D eigenvalue weighted by molar-refractivity contribution is 14.1. The van der Waals surface area contributed by atoms with Crippen molar-refractivity contribution in [2.45, 2.75) is 38.5 Å². The Labute approximate surface area is 454 Å². The van der Waals surface area contributed by atoms with E-state index < -0.39 is 10.8 Å². The second-order valence-corrected chi connectivity index (χ2v) is 22.5. The molecule has 14 rings (SSSR count). The maximum Gasteiger partial charge on any atom is 0.0714 e. The van der Waals surface area contributed by atoms with Crippen molar-refractivity contribution in [1.82, 2.24) is 0 Å². The minimum absolute atomic E-state index is 0.569. The van der Waals surface area contributed by atoms with E-state index in [0.717, 1.165) is 0 Å². The molecule has 0 bridgehead atoms. The zero-order valence-corrected chi connectivity index (χ0v) is 44.7. The Kier molecular flexibility index (Phi) is 10.6. The number of halogens is 1. The van der Waals surface area contributed by atoms with Gasteiger partial charge < -0.3 is 0 Å². The first-order valence-corrected chi connectivity index (χ1v) is 27.3. The molecule has 1 unspecified atom stereocenters. The van der Waals surface area contributed by atoms with Gasteiger partial charge in [0.25, 0.3) is 0 Å². The number of benzene rings is 12. The zero-order chi connectivity index (χ0) is 50.6. The van der Waals surface area contributed by atoms with Gasteiger partial charge in [-0.2, -0.15) is 0 Å². The minimum atomic E-state index is -0.576. The lowest BCUT2D eigenvalue weighted by atomic mass is 9.66. The second-order valence-electron chi connectivity index (χ2n) is 21.2. The van der Waals surface area contributed by atoms with Gasteiger partial charge >= 0.3 is 0 Å². The van der Waals surface area contributed by atoms with Gasteiger partial charge in [0.2, 0.25) is 0 Å². The summed E-state index contributed by atoms with van der Waals surface area (Å²) in [7, 11) is 0. The average molecular weight is 1070 g/mol. The standard InChI is InChI=1S/C74H53I/c1-46-17-31-58(32-18-46)73(67-13-7-5-10-64(67)71-63(12-9-15-69(71)73)56-27-26-55-43-62(75)39-30-53(55)42-56)61-37-28-50(29-38-61)66-44-57(54-25-24-51-40-49(4)16-23-52(51)41-54)45-70-72(66)65-11-6-8-14-68(65)74(70,59-33-19-47(2)20-34-59)60-35-21-48(3)22-36-60/h5-45H,1-4H3. The Hall–Kier alpha value is -8.11. The van der Waals surface area contributed by atoms with Crippen LogP contribution in [0.1, 0.15) is 66.8 Å². The summed E-state index contributed by atoms with van der Waals surface area (Å²) in [6, 6.07) is 95.6. The van der Waals surface area contributed by atoms with Crippen LogP contribution in [0.5, 0.6) is 0 Å². The van der Waals surface area contributed by atoms with Gasteiger partial charge in [-0.3, -0.25) is 0 Å². The fraction of sp³-hybridized carbons (Fsp3) is 0.0811. The molecule has 2 aliphatic carbocycles. The van der Waals surface area contributed by atoms with E-state index in [0.29, 0.717) is 0 Å². The zero-order valence-electron chi connectivity index (χ0n) is 42.5. The minimum Gasteiger partial charge on any atom is -0.0619 e. The van der Waals surface area contributed by atoms with Crippen molar-refractivity contribution >= 4 is 44.1 Å². The maximum absolute atomic E-state index is 2.52. The van der Waals surface area contributed by atoms with Gasteiger partial charge in [-0.15, -0.1) is 0 Å². The predicted octanol–water partition coefficient (Wildman–Crippen LogP) is 19.6. The van der Waals surface area contributed by atoms with Crippen molar-refractivity contribution in [3.63, 3.8) is 0 Å². The van der Waals surface area contributed by atoms with E-state index in [-0.39, 0.29) is 0 Å². The van der Waals surface area contributed by atoms with Gasteiger partial charge in [-0.05, 0) is 208 Å². The summed E-state index contributed by atoms with van der Waals surface area (Å²) in [5.74, 6) is 0. The fourth-order valence-electron chi connectivity index (χ4n) is 13.2. The molecule has 0 saturated heterocycles. The fourth-order valence-corrected chi connectivity index (χ4v) is 13.7. The lowest BCUT2D eigenvalue weighted by molar-refractivity contribution is 0.767. The molecule has 0 spiro atoms. The lowest BCUT2D eigenvalue weighted by Crippen LogP contribution is -2.28. The van der Waals surface area contributed by atoms with Crippen molar-refractivity contribution < 1.29 is 0 Å². The van der Waals surface area contributed by atoms with Crippen molar-refractivity contribution in [1.29, 1.82) is 0 Å². The molecule has 0 radical (unpaired) electrons. The predicted molar refractivity (Wildman–Crippen MR) is 324 cm³/mol. The first-order valence-electron chi connectivity index (χ1n) is 26.2. The Bertz CT molecular complexity index is 4210. The highest BCUT2D eigenvalue weighted by atomic mass is 127. The maximum atomic E-state index is 2.52. The normalized spacial score (nSPS) is 14.9. The molecule has 12 aromatic carbocycles. The number of rotatable bonds is 7. The lowest BCUT2D eigenvalue weighted by Gasteiger charge is -2.35. The summed E-state index contributed by atoms with van der Waals surface area (Å²) >= 11 is 2.42. The number of fused-ring (bicyclic) bond motifs is 8. The number of hydrogen-bond donors (Lipinski definition) is 0. The van der Waals surface area contributed by atoms with E-state index in [4.69, 9.17) is 0 Å². The van der Waals surface area contributed by atoms with Gasteiger partial charge in [-0.25, -0.2) is 0 Å². The van der Waals surface area contributed by atoms with Gasteiger partial charge in [-0.1, -0.05) is 235 Å². The first kappa shape index (κ1) is 45.5. The van der Waals surface area contributed by atoms with Crippen LogP contribution in [0.25, 0.3) is 77.2 Å². The summed E-state index contributed by atoms with van der Waals surface area (Å²) in [6.45, 7) is 8.75. The van der Waals surface area contributed by atoms with Gasteiger partial charge in [0.05, 0.1) is 10.8 Å². The molecule has 2 aliphatic rings. The van der Waals surface area contributed by atoms with E-state index in [1.807, 2.05) is 0 Å². The molecule has 0 aromatic heterocycles. The Morgan fingerprint density at radius 1 is 0.253 bits per heavy atom. The molecule has 1 heteroatoms. The second kappa shape index (κ2) is 17.5. The summed E-state index contributed by atoms with van der Waals surface area (Å²) in [4.78, 5) is 0. The molecule has 0 heterocycles. The topological polar surface area (TPSA) is 0 Å². The van der Waals surface area contributed by atoms with Crippen LogP contribution in [0.15, 0.2) is 249 Å². The van der Waals surface area contributed by atoms with Crippen LogP contribution in [0.4, 0.5) is 0 Å². The molecular weight excluding hydrogens is 1020 g/mol. The van der Waals surface area contributed by atoms with Gasteiger partial charge in [0, 0.05) is 3.57 Å². The summed E-state index contributed by atoms with van der Waals surface area (Å²) in [5, 5.41) is 5.01. The highest BCUT2D eigenvalue weighted by Crippen LogP contribution is 2.61. The summed E-state index contributed by atoms with van der Waals surface area (Å²) < 4.78 is 1.25. The Balaban J connectivity index is 1.03. The van der Waals surface area contributed by atoms with Crippen LogP contribution in [0.3, 0.4) is 0 Å². The van der Waals surface area contributed by atoms with E-state index >= 15 is 0 Å².